The molecular formula is C11H16N2O. The average molecular weight is 192 g/mol. The van der Waals surface area contributed by atoms with Gasteiger partial charge in [0.05, 0.1) is 6.04 Å². The van der Waals surface area contributed by atoms with E-state index in [9.17, 15) is 0 Å². The number of nitrogens with zero attached hydrogens (tertiary/aromatic N) is 1. The van der Waals surface area contributed by atoms with E-state index in [0.717, 1.165) is 17.8 Å². The van der Waals surface area contributed by atoms with E-state index in [0.29, 0.717) is 12.1 Å². The Morgan fingerprint density at radius 1 is 1.21 bits per heavy atom. The molecule has 0 aromatic carbocycles. The number of hydrogen-bond acceptors (Lipinski definition) is 3. The maximum Gasteiger partial charge on any atom is 0.282 e. The van der Waals surface area contributed by atoms with Gasteiger partial charge in [-0.05, 0) is 49.9 Å². The van der Waals surface area contributed by atoms with Gasteiger partial charge in [0.2, 0.25) is 0 Å². The molecule has 5 aliphatic rings. The molecule has 5 rings (SSSR count). The first kappa shape index (κ1) is 7.55. The van der Waals surface area contributed by atoms with Crippen LogP contribution in [0.1, 0.15) is 32.1 Å². The van der Waals surface area contributed by atoms with Gasteiger partial charge >= 0.3 is 0 Å². The summed E-state index contributed by atoms with van der Waals surface area (Å²) in [7, 11) is 0. The van der Waals surface area contributed by atoms with Crippen molar-refractivity contribution in [2.75, 3.05) is 0 Å². The van der Waals surface area contributed by atoms with Crippen LogP contribution in [0.25, 0.3) is 0 Å². The Morgan fingerprint density at radius 3 is 2.64 bits per heavy atom. The zero-order valence-corrected chi connectivity index (χ0v) is 8.28. The molecule has 2 N–H and O–H groups in total. The molecule has 3 heteroatoms. The van der Waals surface area contributed by atoms with Crippen LogP contribution < -0.4 is 5.73 Å². The lowest BCUT2D eigenvalue weighted by Gasteiger charge is -2.56. The third kappa shape index (κ3) is 0.733. The second-order valence-corrected chi connectivity index (χ2v) is 5.69. The molecule has 1 spiro atoms. The third-order valence-corrected chi connectivity index (χ3v) is 4.77. The van der Waals surface area contributed by atoms with E-state index in [2.05, 4.69) is 4.99 Å². The van der Waals surface area contributed by atoms with Gasteiger partial charge in [-0.1, -0.05) is 0 Å². The maximum absolute atomic E-state index is 5.85. The summed E-state index contributed by atoms with van der Waals surface area (Å²) in [5.41, 5.74) is 5.79. The van der Waals surface area contributed by atoms with Crippen LogP contribution in [0.3, 0.4) is 0 Å². The lowest BCUT2D eigenvalue weighted by Crippen LogP contribution is -2.58. The van der Waals surface area contributed by atoms with Crippen LogP contribution in [0.2, 0.25) is 0 Å². The van der Waals surface area contributed by atoms with E-state index >= 15 is 0 Å². The summed E-state index contributed by atoms with van der Waals surface area (Å²) in [6, 6.07) is 0.874. The summed E-state index contributed by atoms with van der Waals surface area (Å²) in [4.78, 5) is 4.51. The monoisotopic (exact) mass is 192 g/mol. The fourth-order valence-electron chi connectivity index (χ4n) is 4.68. The average Bonchev–Trinajstić information content (AvgIpc) is 2.40. The molecule has 5 atom stereocenters. The largest absolute Gasteiger partial charge is 0.457 e. The predicted octanol–water partition coefficient (Wildman–Crippen LogP) is 1.28. The van der Waals surface area contributed by atoms with Crippen LogP contribution in [-0.2, 0) is 4.74 Å². The van der Waals surface area contributed by atoms with E-state index in [1.54, 1.807) is 0 Å². The number of hydrogen-bond donors (Lipinski definition) is 1. The Balaban J connectivity index is 1.80. The normalized spacial score (nSPS) is 58.1. The second-order valence-electron chi connectivity index (χ2n) is 5.69. The van der Waals surface area contributed by atoms with Crippen LogP contribution in [0.15, 0.2) is 4.99 Å². The summed E-state index contributed by atoms with van der Waals surface area (Å²) in [6.45, 7) is 0. The summed E-state index contributed by atoms with van der Waals surface area (Å²) >= 11 is 0. The zero-order valence-electron chi connectivity index (χ0n) is 8.28. The quantitative estimate of drug-likeness (QED) is 0.628. The molecule has 14 heavy (non-hydrogen) atoms. The molecule has 1 heterocycles. The van der Waals surface area contributed by atoms with E-state index in [1.807, 2.05) is 0 Å². The van der Waals surface area contributed by atoms with Gasteiger partial charge in [-0.15, -0.1) is 0 Å². The number of amidine groups is 1. The van der Waals surface area contributed by atoms with Crippen LogP contribution in [0, 0.1) is 17.8 Å². The lowest BCUT2D eigenvalue weighted by molar-refractivity contribution is -0.114. The standard InChI is InChI=1S/C11H16N2O/c12-10-13-9-8-2-6-1-7(3-8)5-11(9,4-6)14-10/h6-9H,1-5H2,(H2,12,13)/t6-,7+,8?,9?,11?. The van der Waals surface area contributed by atoms with Crippen LogP contribution in [0.4, 0.5) is 0 Å². The Bertz CT molecular complexity index is 311. The number of nitrogens with two attached hydrogens (primary N) is 1. The van der Waals surface area contributed by atoms with Crippen LogP contribution in [0.5, 0.6) is 0 Å². The summed E-state index contributed by atoms with van der Waals surface area (Å²) in [5.74, 6) is 2.59. The zero-order chi connectivity index (χ0) is 9.34. The molecular weight excluding hydrogens is 176 g/mol. The molecule has 3 nitrogen and oxygen atoms in total. The van der Waals surface area contributed by atoms with Crippen LogP contribution in [-0.4, -0.2) is 17.7 Å². The van der Waals surface area contributed by atoms with Gasteiger partial charge in [-0.2, -0.15) is 0 Å². The van der Waals surface area contributed by atoms with Gasteiger partial charge in [0, 0.05) is 0 Å². The highest BCUT2D eigenvalue weighted by Gasteiger charge is 2.61. The van der Waals surface area contributed by atoms with E-state index in [1.165, 1.54) is 32.1 Å². The lowest BCUT2D eigenvalue weighted by atomic mass is 9.52. The molecule has 0 saturated heterocycles. The van der Waals surface area contributed by atoms with Gasteiger partial charge in [-0.3, -0.25) is 0 Å². The first-order chi connectivity index (χ1) is 6.75. The van der Waals surface area contributed by atoms with Crippen molar-refractivity contribution >= 4 is 6.02 Å². The van der Waals surface area contributed by atoms with Crippen molar-refractivity contribution in [2.24, 2.45) is 28.5 Å². The molecule has 0 amide bonds. The predicted molar refractivity (Wildman–Crippen MR) is 52.8 cm³/mol. The van der Waals surface area contributed by atoms with Gasteiger partial charge in [0.15, 0.2) is 0 Å². The fourth-order valence-corrected chi connectivity index (χ4v) is 4.68. The maximum atomic E-state index is 5.85. The Hall–Kier alpha value is -0.730. The molecule has 0 radical (unpaired) electrons. The van der Waals surface area contributed by atoms with Crippen LogP contribution >= 0.6 is 0 Å². The van der Waals surface area contributed by atoms with Crippen molar-refractivity contribution in [1.29, 1.82) is 0 Å². The number of ether oxygens (including phenoxy) is 1. The second kappa shape index (κ2) is 2.10. The first-order valence-corrected chi connectivity index (χ1v) is 5.77. The first-order valence-electron chi connectivity index (χ1n) is 5.77. The highest BCUT2D eigenvalue weighted by Crippen LogP contribution is 2.59. The Kier molecular flexibility index (Phi) is 1.13. The minimum Gasteiger partial charge on any atom is -0.457 e. The topological polar surface area (TPSA) is 47.6 Å². The number of aliphatic imine (C=N–C) groups is 1. The molecule has 4 saturated carbocycles. The molecule has 3 unspecified atom stereocenters. The molecule has 1 aliphatic heterocycles. The van der Waals surface area contributed by atoms with E-state index < -0.39 is 0 Å². The fraction of sp³-hybridized carbons (Fsp3) is 0.909. The Labute approximate surface area is 83.7 Å². The van der Waals surface area contributed by atoms with Crippen molar-refractivity contribution in [1.82, 2.24) is 0 Å². The summed E-state index contributed by atoms with van der Waals surface area (Å²) in [5, 5.41) is 0. The van der Waals surface area contributed by atoms with Gasteiger partial charge in [0.25, 0.3) is 6.02 Å². The number of rotatable bonds is 0. The van der Waals surface area contributed by atoms with E-state index in [4.69, 9.17) is 10.5 Å². The summed E-state index contributed by atoms with van der Waals surface area (Å²) < 4.78 is 5.85. The third-order valence-electron chi connectivity index (χ3n) is 4.77. The minimum atomic E-state index is 0.0544. The molecule has 4 fully saturated rings. The molecule has 0 aromatic rings. The molecule has 76 valence electrons. The molecule has 4 bridgehead atoms. The molecule has 0 aromatic heterocycles. The molecule has 4 aliphatic carbocycles. The SMILES string of the molecule is NC1=NC2C3C[C@@H]4C[C@H](C3)CC2(C4)O1. The van der Waals surface area contributed by atoms with Crippen molar-refractivity contribution in [2.45, 2.75) is 43.7 Å². The van der Waals surface area contributed by atoms with Gasteiger partial charge in [-0.25, -0.2) is 4.99 Å². The van der Waals surface area contributed by atoms with E-state index in [-0.39, 0.29) is 5.60 Å². The van der Waals surface area contributed by atoms with Crippen molar-refractivity contribution < 1.29 is 4.74 Å². The highest BCUT2D eigenvalue weighted by molar-refractivity contribution is 5.74. The van der Waals surface area contributed by atoms with Gasteiger partial charge < -0.3 is 10.5 Å². The highest BCUT2D eigenvalue weighted by atomic mass is 16.5. The summed E-state index contributed by atoms with van der Waals surface area (Å²) in [6.07, 6.45) is 6.63. The Morgan fingerprint density at radius 2 is 1.93 bits per heavy atom. The smallest absolute Gasteiger partial charge is 0.282 e. The van der Waals surface area contributed by atoms with Crippen molar-refractivity contribution in [3.05, 3.63) is 0 Å². The van der Waals surface area contributed by atoms with Gasteiger partial charge in [0.1, 0.15) is 5.60 Å². The van der Waals surface area contributed by atoms with Crippen molar-refractivity contribution in [3.8, 4) is 0 Å². The minimum absolute atomic E-state index is 0.0544. The van der Waals surface area contributed by atoms with Crippen molar-refractivity contribution in [3.63, 3.8) is 0 Å².